The Labute approximate surface area is 124 Å². The molecular formula is C17H11BrO2. The Kier molecular flexibility index (Phi) is 3.28. The molecule has 1 N–H and O–H groups in total. The number of fused-ring (bicyclic) bond motifs is 3. The average Bonchev–Trinajstić information content (AvgIpc) is 2.44. The van der Waals surface area contributed by atoms with Crippen LogP contribution in [-0.4, -0.2) is 11.1 Å². The minimum absolute atomic E-state index is 0.886. The molecule has 0 aliphatic heterocycles. The average molecular weight is 327 g/mol. The zero-order chi connectivity index (χ0) is 14.1. The first-order valence-corrected chi connectivity index (χ1v) is 6.96. The van der Waals surface area contributed by atoms with E-state index in [4.69, 9.17) is 5.11 Å². The lowest BCUT2D eigenvalue weighted by Gasteiger charge is -2.05. The van der Waals surface area contributed by atoms with E-state index in [0.717, 1.165) is 21.5 Å². The molecule has 0 aliphatic rings. The number of carboxylic acids is 1. The Morgan fingerprint density at radius 1 is 0.950 bits per heavy atom. The fourth-order valence-corrected chi connectivity index (χ4v) is 2.71. The van der Waals surface area contributed by atoms with Crippen LogP contribution in [0.25, 0.3) is 27.6 Å². The summed E-state index contributed by atoms with van der Waals surface area (Å²) >= 11 is 3.48. The van der Waals surface area contributed by atoms with E-state index in [2.05, 4.69) is 40.2 Å². The molecule has 0 heterocycles. The molecule has 0 unspecified atom stereocenters. The van der Waals surface area contributed by atoms with Gasteiger partial charge >= 0.3 is 5.97 Å². The predicted molar refractivity (Wildman–Crippen MR) is 85.8 cm³/mol. The van der Waals surface area contributed by atoms with E-state index in [1.807, 2.05) is 24.3 Å². The molecule has 0 bridgehead atoms. The molecule has 0 saturated carbocycles. The van der Waals surface area contributed by atoms with Gasteiger partial charge in [0, 0.05) is 10.5 Å². The quantitative estimate of drug-likeness (QED) is 0.539. The van der Waals surface area contributed by atoms with Crippen molar-refractivity contribution in [2.75, 3.05) is 0 Å². The van der Waals surface area contributed by atoms with Gasteiger partial charge in [-0.05, 0) is 51.4 Å². The zero-order valence-corrected chi connectivity index (χ0v) is 12.1. The van der Waals surface area contributed by atoms with Crippen molar-refractivity contribution in [1.29, 1.82) is 0 Å². The van der Waals surface area contributed by atoms with Crippen molar-refractivity contribution in [2.24, 2.45) is 0 Å². The molecule has 0 atom stereocenters. The lowest BCUT2D eigenvalue weighted by atomic mass is 10.00. The van der Waals surface area contributed by atoms with Crippen molar-refractivity contribution >= 4 is 49.5 Å². The van der Waals surface area contributed by atoms with Crippen LogP contribution in [-0.2, 0) is 4.79 Å². The minimum atomic E-state index is -0.937. The van der Waals surface area contributed by atoms with Crippen LogP contribution in [0.4, 0.5) is 0 Å². The van der Waals surface area contributed by atoms with Crippen LogP contribution in [0.2, 0.25) is 0 Å². The fourth-order valence-electron chi connectivity index (χ4n) is 2.33. The van der Waals surface area contributed by atoms with Crippen molar-refractivity contribution in [3.63, 3.8) is 0 Å². The van der Waals surface area contributed by atoms with Crippen molar-refractivity contribution in [3.8, 4) is 0 Å². The Hall–Kier alpha value is -2.13. The van der Waals surface area contributed by atoms with E-state index in [0.29, 0.717) is 0 Å². The summed E-state index contributed by atoms with van der Waals surface area (Å²) in [7, 11) is 0. The lowest BCUT2D eigenvalue weighted by Crippen LogP contribution is -1.86. The van der Waals surface area contributed by atoms with Gasteiger partial charge in [0.05, 0.1) is 0 Å². The first-order chi connectivity index (χ1) is 9.63. The molecule has 2 nitrogen and oxygen atoms in total. The number of hydrogen-bond acceptors (Lipinski definition) is 1. The number of carboxylic acid groups (broad SMARTS) is 1. The Morgan fingerprint density at radius 3 is 2.30 bits per heavy atom. The van der Waals surface area contributed by atoms with Crippen molar-refractivity contribution in [2.45, 2.75) is 0 Å². The van der Waals surface area contributed by atoms with E-state index in [9.17, 15) is 4.79 Å². The van der Waals surface area contributed by atoms with E-state index in [-0.39, 0.29) is 0 Å². The van der Waals surface area contributed by atoms with Gasteiger partial charge in [0.15, 0.2) is 0 Å². The highest BCUT2D eigenvalue weighted by atomic mass is 79.9. The number of benzene rings is 3. The molecule has 0 spiro atoms. The topological polar surface area (TPSA) is 37.3 Å². The van der Waals surface area contributed by atoms with Crippen LogP contribution in [0, 0.1) is 0 Å². The molecule has 3 aromatic carbocycles. The molecule has 3 rings (SSSR count). The van der Waals surface area contributed by atoms with E-state index < -0.39 is 5.97 Å². The summed E-state index contributed by atoms with van der Waals surface area (Å²) in [4.78, 5) is 10.6. The molecule has 0 aromatic heterocycles. The molecule has 0 aliphatic carbocycles. The summed E-state index contributed by atoms with van der Waals surface area (Å²) in [6.45, 7) is 0. The Morgan fingerprint density at radius 2 is 1.60 bits per heavy atom. The number of rotatable bonds is 2. The van der Waals surface area contributed by atoms with Gasteiger partial charge in [-0.15, -0.1) is 0 Å². The highest BCUT2D eigenvalue weighted by Gasteiger charge is 2.01. The standard InChI is InChI=1S/C17H11BrO2/c18-14-5-7-16-13(10-14)4-3-12-9-11(1-6-15(12)16)2-8-17(19)20/h1-10H,(H,19,20)/b8-2+. The number of aliphatic carboxylic acids is 1. The number of carbonyl (C=O) groups is 1. The van der Waals surface area contributed by atoms with Gasteiger partial charge in [0.1, 0.15) is 0 Å². The zero-order valence-electron chi connectivity index (χ0n) is 10.5. The summed E-state index contributed by atoms with van der Waals surface area (Å²) in [5.74, 6) is -0.937. The van der Waals surface area contributed by atoms with Gasteiger partial charge in [-0.1, -0.05) is 46.3 Å². The van der Waals surface area contributed by atoms with E-state index in [1.165, 1.54) is 16.2 Å². The Balaban J connectivity index is 2.19. The Bertz CT molecular complexity index is 850. The second-order valence-electron chi connectivity index (χ2n) is 4.58. The second kappa shape index (κ2) is 5.10. The third-order valence-electron chi connectivity index (χ3n) is 3.24. The van der Waals surface area contributed by atoms with E-state index >= 15 is 0 Å². The smallest absolute Gasteiger partial charge is 0.328 e. The molecule has 3 aromatic rings. The second-order valence-corrected chi connectivity index (χ2v) is 5.50. The summed E-state index contributed by atoms with van der Waals surface area (Å²) in [5.41, 5.74) is 0.886. The minimum Gasteiger partial charge on any atom is -0.478 e. The molecule has 3 heteroatoms. The monoisotopic (exact) mass is 326 g/mol. The SMILES string of the molecule is O=C(O)/C=C/c1ccc2c(ccc3cc(Br)ccc32)c1. The number of hydrogen-bond donors (Lipinski definition) is 1. The fraction of sp³-hybridized carbons (Fsp3) is 0. The van der Waals surface area contributed by atoms with E-state index in [1.54, 1.807) is 6.08 Å². The van der Waals surface area contributed by atoms with Gasteiger partial charge < -0.3 is 5.11 Å². The molecule has 0 fully saturated rings. The predicted octanol–water partition coefficient (Wildman–Crippen LogP) is 4.85. The maximum absolute atomic E-state index is 10.6. The van der Waals surface area contributed by atoms with Crippen LogP contribution < -0.4 is 0 Å². The van der Waals surface area contributed by atoms with Gasteiger partial charge in [0.2, 0.25) is 0 Å². The maximum Gasteiger partial charge on any atom is 0.328 e. The van der Waals surface area contributed by atoms with Gasteiger partial charge in [0.25, 0.3) is 0 Å². The summed E-state index contributed by atoms with van der Waals surface area (Å²) in [5, 5.41) is 13.3. The third kappa shape index (κ3) is 2.45. The first kappa shape index (κ1) is 12.9. The molecular weight excluding hydrogens is 316 g/mol. The van der Waals surface area contributed by atoms with Gasteiger partial charge in [-0.3, -0.25) is 0 Å². The molecule has 0 radical (unpaired) electrons. The number of halogens is 1. The maximum atomic E-state index is 10.6. The van der Waals surface area contributed by atoms with Crippen LogP contribution in [0.15, 0.2) is 59.1 Å². The highest BCUT2D eigenvalue weighted by molar-refractivity contribution is 9.10. The normalized spacial score (nSPS) is 11.4. The first-order valence-electron chi connectivity index (χ1n) is 6.16. The van der Waals surface area contributed by atoms with Crippen LogP contribution in [0.3, 0.4) is 0 Å². The molecule has 20 heavy (non-hydrogen) atoms. The largest absolute Gasteiger partial charge is 0.478 e. The molecule has 98 valence electrons. The lowest BCUT2D eigenvalue weighted by molar-refractivity contribution is -0.131. The van der Waals surface area contributed by atoms with Crippen molar-refractivity contribution in [3.05, 3.63) is 64.6 Å². The highest BCUT2D eigenvalue weighted by Crippen LogP contribution is 2.28. The summed E-state index contributed by atoms with van der Waals surface area (Å²) in [6, 6.07) is 16.3. The van der Waals surface area contributed by atoms with Crippen LogP contribution in [0.1, 0.15) is 5.56 Å². The van der Waals surface area contributed by atoms with Gasteiger partial charge in [-0.2, -0.15) is 0 Å². The van der Waals surface area contributed by atoms with Crippen molar-refractivity contribution in [1.82, 2.24) is 0 Å². The van der Waals surface area contributed by atoms with Gasteiger partial charge in [-0.25, -0.2) is 4.79 Å². The third-order valence-corrected chi connectivity index (χ3v) is 3.73. The van der Waals surface area contributed by atoms with Crippen molar-refractivity contribution < 1.29 is 9.90 Å². The van der Waals surface area contributed by atoms with Crippen LogP contribution >= 0.6 is 15.9 Å². The molecule has 0 amide bonds. The summed E-state index contributed by atoms with van der Waals surface area (Å²) in [6.07, 6.45) is 2.76. The summed E-state index contributed by atoms with van der Waals surface area (Å²) < 4.78 is 1.06. The molecule has 0 saturated heterocycles. The van der Waals surface area contributed by atoms with Crippen LogP contribution in [0.5, 0.6) is 0 Å².